The molecule has 0 radical (unpaired) electrons. The minimum absolute atomic E-state index is 0.317. The van der Waals surface area contributed by atoms with Crippen molar-refractivity contribution in [3.63, 3.8) is 0 Å². The highest BCUT2D eigenvalue weighted by atomic mass is 35.5. The molecular weight excluding hydrogens is 453 g/mol. The van der Waals surface area contributed by atoms with E-state index in [0.29, 0.717) is 59.6 Å². The predicted molar refractivity (Wildman–Crippen MR) is 121 cm³/mol. The van der Waals surface area contributed by atoms with Gasteiger partial charge in [-0.05, 0) is 30.3 Å². The standard InChI is InChI=1S/C22H19ClFN5O2S/c23-16-6-4-15(5-7-16)20-13-19(31-27-20)14-32-22-26-25-21(28-8-10-30-11-9-28)29(22)18-3-1-2-17(24)12-18/h1-7,12-13H,8-11,14H2. The smallest absolute Gasteiger partial charge is 0.232 e. The van der Waals surface area contributed by atoms with E-state index >= 15 is 0 Å². The summed E-state index contributed by atoms with van der Waals surface area (Å²) in [6.07, 6.45) is 0. The number of halogens is 2. The number of aromatic nitrogens is 4. The van der Waals surface area contributed by atoms with Crippen LogP contribution in [-0.4, -0.2) is 46.2 Å². The van der Waals surface area contributed by atoms with Crippen LogP contribution in [0.3, 0.4) is 0 Å². The summed E-state index contributed by atoms with van der Waals surface area (Å²) in [5, 5.41) is 14.2. The molecule has 0 bridgehead atoms. The molecule has 0 atom stereocenters. The zero-order valence-corrected chi connectivity index (χ0v) is 18.5. The van der Waals surface area contributed by atoms with Crippen LogP contribution in [0.25, 0.3) is 16.9 Å². The van der Waals surface area contributed by atoms with E-state index in [4.69, 9.17) is 20.9 Å². The average molecular weight is 472 g/mol. The van der Waals surface area contributed by atoms with Gasteiger partial charge in [-0.2, -0.15) is 0 Å². The van der Waals surface area contributed by atoms with Crippen LogP contribution in [-0.2, 0) is 10.5 Å². The first-order valence-corrected chi connectivity index (χ1v) is 11.4. The van der Waals surface area contributed by atoms with Gasteiger partial charge in [0.25, 0.3) is 0 Å². The monoisotopic (exact) mass is 471 g/mol. The van der Waals surface area contributed by atoms with E-state index < -0.39 is 0 Å². The predicted octanol–water partition coefficient (Wildman–Crippen LogP) is 4.84. The zero-order chi connectivity index (χ0) is 21.9. The summed E-state index contributed by atoms with van der Waals surface area (Å²) < 4.78 is 26.8. The van der Waals surface area contributed by atoms with Gasteiger partial charge in [-0.3, -0.25) is 4.57 Å². The molecule has 7 nitrogen and oxygen atoms in total. The molecule has 3 heterocycles. The molecule has 0 spiro atoms. The van der Waals surface area contributed by atoms with Crippen molar-refractivity contribution >= 4 is 29.3 Å². The number of anilines is 1. The second-order valence-electron chi connectivity index (χ2n) is 7.17. The van der Waals surface area contributed by atoms with E-state index in [2.05, 4.69) is 20.3 Å². The maximum atomic E-state index is 14.0. The highest BCUT2D eigenvalue weighted by Gasteiger charge is 2.22. The summed E-state index contributed by atoms with van der Waals surface area (Å²) in [6.45, 7) is 2.63. The first kappa shape index (κ1) is 21.0. The van der Waals surface area contributed by atoms with Crippen molar-refractivity contribution in [3.05, 3.63) is 71.2 Å². The summed E-state index contributed by atoms with van der Waals surface area (Å²) in [5.74, 6) is 1.54. The molecule has 2 aromatic carbocycles. The Bertz CT molecular complexity index is 1210. The maximum Gasteiger partial charge on any atom is 0.232 e. The van der Waals surface area contributed by atoms with Crippen LogP contribution in [0.5, 0.6) is 0 Å². The van der Waals surface area contributed by atoms with E-state index in [1.54, 1.807) is 6.07 Å². The Morgan fingerprint density at radius 3 is 2.62 bits per heavy atom. The molecule has 0 amide bonds. The van der Waals surface area contributed by atoms with Gasteiger partial charge >= 0.3 is 0 Å². The quantitative estimate of drug-likeness (QED) is 0.372. The second-order valence-corrected chi connectivity index (χ2v) is 8.55. The third kappa shape index (κ3) is 4.50. The van der Waals surface area contributed by atoms with Crippen LogP contribution < -0.4 is 4.90 Å². The Kier molecular flexibility index (Phi) is 6.11. The van der Waals surface area contributed by atoms with Gasteiger partial charge in [0.15, 0.2) is 5.16 Å². The van der Waals surface area contributed by atoms with Gasteiger partial charge in [-0.25, -0.2) is 4.39 Å². The lowest BCUT2D eigenvalue weighted by Crippen LogP contribution is -2.37. The Balaban J connectivity index is 1.40. The molecule has 1 aliphatic rings. The number of benzene rings is 2. The number of rotatable bonds is 6. The highest BCUT2D eigenvalue weighted by molar-refractivity contribution is 7.98. The Labute approximate surface area is 193 Å². The van der Waals surface area contributed by atoms with Gasteiger partial charge in [0.2, 0.25) is 5.95 Å². The fourth-order valence-electron chi connectivity index (χ4n) is 3.44. The van der Waals surface area contributed by atoms with E-state index in [1.807, 2.05) is 41.0 Å². The second kappa shape index (κ2) is 9.32. The first-order valence-electron chi connectivity index (χ1n) is 10.1. The van der Waals surface area contributed by atoms with Crippen molar-refractivity contribution in [2.45, 2.75) is 10.9 Å². The molecule has 5 rings (SSSR count). The lowest BCUT2D eigenvalue weighted by atomic mass is 10.1. The fourth-order valence-corrected chi connectivity index (χ4v) is 4.39. The van der Waals surface area contributed by atoms with Crippen molar-refractivity contribution in [2.75, 3.05) is 31.2 Å². The molecule has 1 fully saturated rings. The SMILES string of the molecule is Fc1cccc(-n2c(SCc3cc(-c4ccc(Cl)cc4)no3)nnc2N2CCOCC2)c1. The zero-order valence-electron chi connectivity index (χ0n) is 16.9. The topological polar surface area (TPSA) is 69.2 Å². The highest BCUT2D eigenvalue weighted by Crippen LogP contribution is 2.30. The maximum absolute atomic E-state index is 14.0. The molecule has 4 aromatic rings. The van der Waals surface area contributed by atoms with Crippen LogP contribution in [0.4, 0.5) is 10.3 Å². The molecule has 1 aliphatic heterocycles. The molecule has 2 aromatic heterocycles. The molecule has 0 aliphatic carbocycles. The van der Waals surface area contributed by atoms with Gasteiger partial charge in [-0.15, -0.1) is 10.2 Å². The molecule has 0 saturated carbocycles. The third-order valence-electron chi connectivity index (χ3n) is 5.02. The first-order chi connectivity index (χ1) is 15.7. The lowest BCUT2D eigenvalue weighted by Gasteiger charge is -2.27. The van der Waals surface area contributed by atoms with Gasteiger partial charge in [0.05, 0.1) is 24.7 Å². The van der Waals surface area contributed by atoms with Crippen LogP contribution in [0.15, 0.2) is 64.3 Å². The Morgan fingerprint density at radius 1 is 1.03 bits per heavy atom. The van der Waals surface area contributed by atoms with Crippen molar-refractivity contribution in [2.24, 2.45) is 0 Å². The summed E-state index contributed by atoms with van der Waals surface area (Å²) >= 11 is 7.41. The number of hydrogen-bond donors (Lipinski definition) is 0. The number of morpholine rings is 1. The molecule has 10 heteroatoms. The summed E-state index contributed by atoms with van der Waals surface area (Å²) in [6, 6.07) is 15.7. The van der Waals surface area contributed by atoms with Crippen molar-refractivity contribution in [1.82, 2.24) is 19.9 Å². The average Bonchev–Trinajstić information content (AvgIpc) is 3.46. The molecule has 0 unspecified atom stereocenters. The molecule has 0 N–H and O–H groups in total. The van der Waals surface area contributed by atoms with E-state index in [0.717, 1.165) is 11.3 Å². The largest absolute Gasteiger partial charge is 0.378 e. The van der Waals surface area contributed by atoms with Gasteiger partial charge in [0.1, 0.15) is 17.3 Å². The minimum atomic E-state index is -0.317. The fraction of sp³-hybridized carbons (Fsp3) is 0.227. The van der Waals surface area contributed by atoms with Crippen molar-refractivity contribution < 1.29 is 13.7 Å². The number of nitrogens with zero attached hydrogens (tertiary/aromatic N) is 5. The normalized spacial score (nSPS) is 14.1. The summed E-state index contributed by atoms with van der Waals surface area (Å²) in [7, 11) is 0. The third-order valence-corrected chi connectivity index (χ3v) is 6.22. The molecule has 1 saturated heterocycles. The molecule has 32 heavy (non-hydrogen) atoms. The summed E-state index contributed by atoms with van der Waals surface area (Å²) in [4.78, 5) is 2.10. The van der Waals surface area contributed by atoms with Crippen molar-refractivity contribution in [1.29, 1.82) is 0 Å². The van der Waals surface area contributed by atoms with Gasteiger partial charge in [-0.1, -0.05) is 46.7 Å². The van der Waals surface area contributed by atoms with Gasteiger partial charge < -0.3 is 14.2 Å². The van der Waals surface area contributed by atoms with Crippen LogP contribution in [0, 0.1) is 5.82 Å². The Hall–Kier alpha value is -2.88. The number of hydrogen-bond acceptors (Lipinski definition) is 7. The van der Waals surface area contributed by atoms with E-state index in [-0.39, 0.29) is 5.82 Å². The number of thioether (sulfide) groups is 1. The van der Waals surface area contributed by atoms with Crippen molar-refractivity contribution in [3.8, 4) is 16.9 Å². The van der Waals surface area contributed by atoms with Crippen LogP contribution in [0.1, 0.15) is 5.76 Å². The van der Waals surface area contributed by atoms with E-state index in [1.165, 1.54) is 23.9 Å². The van der Waals surface area contributed by atoms with Crippen LogP contribution >= 0.6 is 23.4 Å². The molecule has 164 valence electrons. The van der Waals surface area contributed by atoms with E-state index in [9.17, 15) is 4.39 Å². The van der Waals surface area contributed by atoms with Gasteiger partial charge in [0, 0.05) is 29.7 Å². The summed E-state index contributed by atoms with van der Waals surface area (Å²) in [5.41, 5.74) is 2.32. The minimum Gasteiger partial charge on any atom is -0.378 e. The Morgan fingerprint density at radius 2 is 1.84 bits per heavy atom. The molecular formula is C22H19ClFN5O2S. The number of ether oxygens (including phenoxy) is 1. The lowest BCUT2D eigenvalue weighted by molar-refractivity contribution is 0.122. The van der Waals surface area contributed by atoms with Crippen LogP contribution in [0.2, 0.25) is 5.02 Å².